The van der Waals surface area contributed by atoms with Gasteiger partial charge in [-0.15, -0.1) is 0 Å². The van der Waals surface area contributed by atoms with E-state index in [0.717, 1.165) is 6.92 Å². The molecule has 2 heterocycles. The molecule has 2 rings (SSSR count). The minimum atomic E-state index is -1.73. The van der Waals surface area contributed by atoms with Gasteiger partial charge in [0.05, 0.1) is 13.2 Å². The van der Waals surface area contributed by atoms with Crippen LogP contribution in [0.5, 0.6) is 0 Å². The van der Waals surface area contributed by atoms with Crippen molar-refractivity contribution >= 4 is 5.91 Å². The maximum atomic E-state index is 11.2. The van der Waals surface area contributed by atoms with Gasteiger partial charge in [-0.1, -0.05) is 0 Å². The number of carbonyl (C=O) groups excluding carboxylic acids is 1. The molecular weight excluding hydrogens is 358 g/mol. The SMILES string of the molecule is CC(=O)N[C@@H]1[C@H](O)[C@H](O[C@@H]2O[C@@H](CO)[C@H](O)[C@@H](O)[C@H]2O)[C@H](CO)O[C@H]1O. The van der Waals surface area contributed by atoms with Crippen LogP contribution in [0.3, 0.4) is 0 Å². The zero-order chi connectivity index (χ0) is 19.6. The quantitative estimate of drug-likeness (QED) is 0.226. The lowest BCUT2D eigenvalue weighted by atomic mass is 9.95. The van der Waals surface area contributed by atoms with Gasteiger partial charge in [0, 0.05) is 6.92 Å². The van der Waals surface area contributed by atoms with Crippen LogP contribution in [0.2, 0.25) is 0 Å². The second-order valence-electron chi connectivity index (χ2n) is 6.26. The lowest BCUT2D eigenvalue weighted by Crippen LogP contribution is -2.67. The third-order valence-corrected chi connectivity index (χ3v) is 4.38. The second kappa shape index (κ2) is 8.84. The summed E-state index contributed by atoms with van der Waals surface area (Å²) in [6.07, 6.45) is -13.6. The summed E-state index contributed by atoms with van der Waals surface area (Å²) in [5.41, 5.74) is 0. The lowest BCUT2D eigenvalue weighted by Gasteiger charge is -2.46. The first-order chi connectivity index (χ1) is 12.2. The van der Waals surface area contributed by atoms with Crippen LogP contribution < -0.4 is 5.32 Å². The lowest BCUT2D eigenvalue weighted by molar-refractivity contribution is -0.345. The van der Waals surface area contributed by atoms with Crippen molar-refractivity contribution in [3.63, 3.8) is 0 Å². The van der Waals surface area contributed by atoms with Crippen LogP contribution in [0, 0.1) is 0 Å². The molecule has 0 spiro atoms. The normalized spacial score (nSPS) is 46.8. The van der Waals surface area contributed by atoms with Gasteiger partial charge in [0.25, 0.3) is 0 Å². The predicted molar refractivity (Wildman–Crippen MR) is 80.2 cm³/mol. The van der Waals surface area contributed by atoms with Crippen molar-refractivity contribution in [2.45, 2.75) is 68.3 Å². The molecular formula is C14H25NO11. The number of rotatable bonds is 5. The molecule has 0 unspecified atom stereocenters. The van der Waals surface area contributed by atoms with E-state index in [1.807, 2.05) is 0 Å². The van der Waals surface area contributed by atoms with Crippen LogP contribution >= 0.6 is 0 Å². The molecule has 2 aliphatic heterocycles. The Labute approximate surface area is 148 Å². The van der Waals surface area contributed by atoms with Gasteiger partial charge in [0.1, 0.15) is 48.8 Å². The van der Waals surface area contributed by atoms with Gasteiger partial charge in [0.2, 0.25) is 5.91 Å². The van der Waals surface area contributed by atoms with E-state index in [0.29, 0.717) is 0 Å². The van der Waals surface area contributed by atoms with Crippen molar-refractivity contribution in [2.24, 2.45) is 0 Å². The summed E-state index contributed by atoms with van der Waals surface area (Å²) < 4.78 is 15.7. The van der Waals surface area contributed by atoms with Crippen LogP contribution in [0.4, 0.5) is 0 Å². The average Bonchev–Trinajstić information content (AvgIpc) is 2.60. The molecule has 10 atom stereocenters. The molecule has 0 aliphatic carbocycles. The van der Waals surface area contributed by atoms with E-state index >= 15 is 0 Å². The van der Waals surface area contributed by atoms with E-state index in [2.05, 4.69) is 5.32 Å². The minimum Gasteiger partial charge on any atom is -0.394 e. The Balaban J connectivity index is 2.16. The molecule has 0 aromatic heterocycles. The van der Waals surface area contributed by atoms with Gasteiger partial charge in [-0.05, 0) is 0 Å². The van der Waals surface area contributed by atoms with Crippen molar-refractivity contribution in [3.8, 4) is 0 Å². The van der Waals surface area contributed by atoms with Crippen LogP contribution in [0.15, 0.2) is 0 Å². The molecule has 1 amide bonds. The van der Waals surface area contributed by atoms with Crippen molar-refractivity contribution < 1.29 is 54.8 Å². The first-order valence-corrected chi connectivity index (χ1v) is 8.06. The summed E-state index contributed by atoms with van der Waals surface area (Å²) in [7, 11) is 0. The summed E-state index contributed by atoms with van der Waals surface area (Å²) in [6.45, 7) is -0.195. The highest BCUT2D eigenvalue weighted by atomic mass is 16.7. The van der Waals surface area contributed by atoms with E-state index in [4.69, 9.17) is 14.2 Å². The molecule has 152 valence electrons. The molecule has 12 nitrogen and oxygen atoms in total. The third kappa shape index (κ3) is 4.31. The third-order valence-electron chi connectivity index (χ3n) is 4.38. The molecule has 0 aromatic carbocycles. The molecule has 2 fully saturated rings. The number of nitrogens with one attached hydrogen (secondary N) is 1. The molecule has 26 heavy (non-hydrogen) atoms. The van der Waals surface area contributed by atoms with E-state index in [-0.39, 0.29) is 0 Å². The number of ether oxygens (including phenoxy) is 3. The van der Waals surface area contributed by atoms with Crippen molar-refractivity contribution in [3.05, 3.63) is 0 Å². The maximum Gasteiger partial charge on any atom is 0.217 e. The smallest absolute Gasteiger partial charge is 0.217 e. The van der Waals surface area contributed by atoms with Crippen LogP contribution in [-0.4, -0.2) is 116 Å². The number of hydrogen-bond donors (Lipinski definition) is 8. The molecule has 2 saturated heterocycles. The fraction of sp³-hybridized carbons (Fsp3) is 0.929. The van der Waals surface area contributed by atoms with Gasteiger partial charge in [-0.2, -0.15) is 0 Å². The highest BCUT2D eigenvalue weighted by Crippen LogP contribution is 2.28. The summed E-state index contributed by atoms with van der Waals surface area (Å²) in [4.78, 5) is 11.2. The van der Waals surface area contributed by atoms with Crippen molar-refractivity contribution in [1.29, 1.82) is 0 Å². The van der Waals surface area contributed by atoms with E-state index < -0.39 is 80.5 Å². The Kier molecular flexibility index (Phi) is 7.27. The van der Waals surface area contributed by atoms with E-state index in [1.54, 1.807) is 0 Å². The zero-order valence-corrected chi connectivity index (χ0v) is 14.0. The van der Waals surface area contributed by atoms with Crippen molar-refractivity contribution in [2.75, 3.05) is 13.2 Å². The summed E-state index contributed by atoms with van der Waals surface area (Å²) in [6, 6.07) is -1.29. The number of hydrogen-bond acceptors (Lipinski definition) is 11. The minimum absolute atomic E-state index is 0.564. The van der Waals surface area contributed by atoms with Gasteiger partial charge < -0.3 is 55.3 Å². The van der Waals surface area contributed by atoms with E-state index in [9.17, 15) is 40.5 Å². The van der Waals surface area contributed by atoms with Crippen LogP contribution in [0.1, 0.15) is 6.92 Å². The molecule has 0 radical (unpaired) electrons. The topological polar surface area (TPSA) is 198 Å². The Hall–Kier alpha value is -0.930. The highest BCUT2D eigenvalue weighted by molar-refractivity contribution is 5.73. The number of amides is 1. The Morgan fingerprint density at radius 1 is 0.923 bits per heavy atom. The largest absolute Gasteiger partial charge is 0.394 e. The molecule has 0 aromatic rings. The molecule has 12 heteroatoms. The number of aliphatic hydroxyl groups excluding tert-OH is 7. The van der Waals surface area contributed by atoms with Gasteiger partial charge in [-0.25, -0.2) is 0 Å². The van der Waals surface area contributed by atoms with Crippen LogP contribution in [0.25, 0.3) is 0 Å². The van der Waals surface area contributed by atoms with E-state index in [1.165, 1.54) is 0 Å². The molecule has 8 N–H and O–H groups in total. The van der Waals surface area contributed by atoms with Gasteiger partial charge in [0.15, 0.2) is 12.6 Å². The first kappa shape index (κ1) is 21.4. The molecule has 2 aliphatic rings. The monoisotopic (exact) mass is 383 g/mol. The van der Waals surface area contributed by atoms with Crippen LogP contribution in [-0.2, 0) is 19.0 Å². The van der Waals surface area contributed by atoms with Gasteiger partial charge in [-0.3, -0.25) is 4.79 Å². The summed E-state index contributed by atoms with van der Waals surface area (Å²) >= 11 is 0. The summed E-state index contributed by atoms with van der Waals surface area (Å²) in [5, 5.41) is 70.7. The Morgan fingerprint density at radius 2 is 1.54 bits per heavy atom. The summed E-state index contributed by atoms with van der Waals surface area (Å²) in [5.74, 6) is -0.564. The predicted octanol–water partition coefficient (Wildman–Crippen LogP) is -5.25. The number of aliphatic hydroxyl groups is 7. The molecule has 0 saturated carbocycles. The second-order valence-corrected chi connectivity index (χ2v) is 6.26. The average molecular weight is 383 g/mol. The maximum absolute atomic E-state index is 11.2. The zero-order valence-electron chi connectivity index (χ0n) is 14.0. The van der Waals surface area contributed by atoms with Gasteiger partial charge >= 0.3 is 0 Å². The Bertz CT molecular complexity index is 478. The fourth-order valence-electron chi connectivity index (χ4n) is 2.98. The standard InChI is InChI=1S/C14H25NO11/c1-4(18)15-7-9(20)12(6(3-17)24-13(7)23)26-14-11(22)10(21)8(19)5(2-16)25-14/h5-14,16-17,19-23H,2-3H2,1H3,(H,15,18)/t5-,6-,7+,8-,9-,10+,11+,12+,13+,14-/m0/s1. The highest BCUT2D eigenvalue weighted by Gasteiger charge is 2.50. The molecule has 0 bridgehead atoms. The number of carbonyl (C=O) groups is 1. The fourth-order valence-corrected chi connectivity index (χ4v) is 2.98. The van der Waals surface area contributed by atoms with Crippen molar-refractivity contribution in [1.82, 2.24) is 5.32 Å². The Morgan fingerprint density at radius 3 is 2.08 bits per heavy atom. The first-order valence-electron chi connectivity index (χ1n) is 8.06.